The number of hydrogen-bond acceptors (Lipinski definition) is 2. The lowest BCUT2D eigenvalue weighted by Gasteiger charge is -2.14. The van der Waals surface area contributed by atoms with Crippen LogP contribution < -0.4 is 5.32 Å². The van der Waals surface area contributed by atoms with Crippen molar-refractivity contribution in [1.29, 1.82) is 0 Å². The van der Waals surface area contributed by atoms with Crippen LogP contribution in [0.1, 0.15) is 29.6 Å². The first kappa shape index (κ1) is 11.4. The minimum Gasteiger partial charge on any atom is -0.352 e. The zero-order valence-electron chi connectivity index (χ0n) is 9.03. The van der Waals surface area contributed by atoms with E-state index in [4.69, 9.17) is 11.6 Å². The highest BCUT2D eigenvalue weighted by Gasteiger charge is 2.25. The number of amides is 1. The predicted octanol–water partition coefficient (Wildman–Crippen LogP) is 2.22. The van der Waals surface area contributed by atoms with E-state index in [0.717, 1.165) is 12.8 Å². The summed E-state index contributed by atoms with van der Waals surface area (Å²) in [7, 11) is 0. The zero-order chi connectivity index (χ0) is 11.4. The normalized spacial score (nSPS) is 24.3. The van der Waals surface area contributed by atoms with Crippen LogP contribution in [0.5, 0.6) is 0 Å². The number of carbonyl (C=O) groups is 1. The molecule has 16 heavy (non-hydrogen) atoms. The molecule has 2 rings (SSSR count). The van der Waals surface area contributed by atoms with E-state index in [1.165, 1.54) is 6.42 Å². The molecule has 2 atom stereocenters. The molecule has 1 saturated carbocycles. The summed E-state index contributed by atoms with van der Waals surface area (Å²) < 4.78 is 0. The predicted molar refractivity (Wildman–Crippen MR) is 63.6 cm³/mol. The molecule has 0 aromatic carbocycles. The minimum absolute atomic E-state index is 0.0434. The molecule has 1 amide bonds. The third kappa shape index (κ3) is 2.73. The number of pyridine rings is 1. The van der Waals surface area contributed by atoms with Crippen LogP contribution >= 0.6 is 11.6 Å². The van der Waals surface area contributed by atoms with Crippen molar-refractivity contribution in [2.24, 2.45) is 5.92 Å². The summed E-state index contributed by atoms with van der Waals surface area (Å²) in [4.78, 5) is 15.6. The molecule has 0 radical (unpaired) electrons. The van der Waals surface area contributed by atoms with Crippen molar-refractivity contribution in [3.8, 4) is 0 Å². The van der Waals surface area contributed by atoms with E-state index in [0.29, 0.717) is 18.0 Å². The van der Waals surface area contributed by atoms with Crippen molar-refractivity contribution in [1.82, 2.24) is 10.3 Å². The molecule has 1 aliphatic rings. The van der Waals surface area contributed by atoms with E-state index in [1.807, 2.05) is 0 Å². The van der Waals surface area contributed by atoms with Gasteiger partial charge in [0.05, 0.1) is 0 Å². The number of rotatable bonds is 3. The molecule has 0 saturated heterocycles. The topological polar surface area (TPSA) is 42.0 Å². The molecule has 4 heteroatoms. The average molecular weight is 239 g/mol. The molecule has 1 heterocycles. The highest BCUT2D eigenvalue weighted by atomic mass is 35.5. The van der Waals surface area contributed by atoms with E-state index in [9.17, 15) is 4.79 Å². The minimum atomic E-state index is -0.0434. The molecular weight excluding hydrogens is 224 g/mol. The van der Waals surface area contributed by atoms with Gasteiger partial charge in [-0.2, -0.15) is 0 Å². The van der Waals surface area contributed by atoms with Gasteiger partial charge in [0.1, 0.15) is 0 Å². The number of hydrogen-bond donors (Lipinski definition) is 1. The van der Waals surface area contributed by atoms with Crippen molar-refractivity contribution in [2.45, 2.75) is 24.6 Å². The maximum atomic E-state index is 11.7. The number of halogens is 1. The molecule has 0 aliphatic heterocycles. The van der Waals surface area contributed by atoms with E-state index in [-0.39, 0.29) is 11.3 Å². The first-order chi connectivity index (χ1) is 7.77. The SMILES string of the molecule is O=C(NCC1CCCC1Cl)c1ccncc1. The van der Waals surface area contributed by atoms with E-state index in [2.05, 4.69) is 10.3 Å². The van der Waals surface area contributed by atoms with Crippen LogP contribution in [0.3, 0.4) is 0 Å². The van der Waals surface area contributed by atoms with Crippen LogP contribution in [-0.4, -0.2) is 22.8 Å². The molecule has 1 aliphatic carbocycles. The summed E-state index contributed by atoms with van der Waals surface area (Å²) in [6, 6.07) is 3.42. The largest absolute Gasteiger partial charge is 0.352 e. The second-order valence-electron chi connectivity index (χ2n) is 4.15. The van der Waals surface area contributed by atoms with Gasteiger partial charge in [0.2, 0.25) is 0 Å². The van der Waals surface area contributed by atoms with Crippen molar-refractivity contribution < 1.29 is 4.79 Å². The molecule has 86 valence electrons. The van der Waals surface area contributed by atoms with Crippen molar-refractivity contribution in [3.63, 3.8) is 0 Å². The Balaban J connectivity index is 1.84. The van der Waals surface area contributed by atoms with Crippen LogP contribution in [0.25, 0.3) is 0 Å². The number of aromatic nitrogens is 1. The first-order valence-corrected chi connectivity index (χ1v) is 6.03. The van der Waals surface area contributed by atoms with Gasteiger partial charge in [0.25, 0.3) is 5.91 Å². The lowest BCUT2D eigenvalue weighted by atomic mass is 10.1. The Bertz CT molecular complexity index is 355. The average Bonchev–Trinajstić information content (AvgIpc) is 2.73. The maximum absolute atomic E-state index is 11.7. The molecule has 1 N–H and O–H groups in total. The number of nitrogens with one attached hydrogen (secondary N) is 1. The summed E-state index contributed by atoms with van der Waals surface area (Å²) in [6.45, 7) is 0.676. The van der Waals surface area contributed by atoms with Crippen molar-refractivity contribution in [3.05, 3.63) is 30.1 Å². The molecule has 0 bridgehead atoms. The summed E-state index contributed by atoms with van der Waals surface area (Å²) in [5.74, 6) is 0.380. The van der Waals surface area contributed by atoms with Crippen LogP contribution in [-0.2, 0) is 0 Å². The molecule has 2 unspecified atom stereocenters. The molecule has 0 spiro atoms. The fourth-order valence-electron chi connectivity index (χ4n) is 2.05. The Morgan fingerprint density at radius 1 is 1.44 bits per heavy atom. The number of carbonyl (C=O) groups excluding carboxylic acids is 1. The number of alkyl halides is 1. The smallest absolute Gasteiger partial charge is 0.251 e. The van der Waals surface area contributed by atoms with Gasteiger partial charge in [0, 0.05) is 29.9 Å². The van der Waals surface area contributed by atoms with Crippen molar-refractivity contribution in [2.75, 3.05) is 6.54 Å². The highest BCUT2D eigenvalue weighted by molar-refractivity contribution is 6.21. The highest BCUT2D eigenvalue weighted by Crippen LogP contribution is 2.29. The van der Waals surface area contributed by atoms with Gasteiger partial charge in [-0.15, -0.1) is 11.6 Å². The Morgan fingerprint density at radius 2 is 2.19 bits per heavy atom. The van der Waals surface area contributed by atoms with Gasteiger partial charge >= 0.3 is 0 Å². The number of nitrogens with zero attached hydrogens (tertiary/aromatic N) is 1. The van der Waals surface area contributed by atoms with Crippen LogP contribution in [0.4, 0.5) is 0 Å². The summed E-state index contributed by atoms with van der Waals surface area (Å²) >= 11 is 6.15. The Morgan fingerprint density at radius 3 is 2.81 bits per heavy atom. The van der Waals surface area contributed by atoms with Gasteiger partial charge in [-0.25, -0.2) is 0 Å². The first-order valence-electron chi connectivity index (χ1n) is 5.59. The van der Waals surface area contributed by atoms with Gasteiger partial charge in [0.15, 0.2) is 0 Å². The lowest BCUT2D eigenvalue weighted by Crippen LogP contribution is -2.31. The van der Waals surface area contributed by atoms with E-state index < -0.39 is 0 Å². The van der Waals surface area contributed by atoms with Crippen LogP contribution in [0.2, 0.25) is 0 Å². The second-order valence-corrected chi connectivity index (χ2v) is 4.71. The Labute approximate surface area is 100 Å². The molecule has 1 fully saturated rings. The van der Waals surface area contributed by atoms with Crippen LogP contribution in [0, 0.1) is 5.92 Å². The van der Waals surface area contributed by atoms with Gasteiger partial charge in [-0.3, -0.25) is 9.78 Å². The maximum Gasteiger partial charge on any atom is 0.251 e. The zero-order valence-corrected chi connectivity index (χ0v) is 9.78. The van der Waals surface area contributed by atoms with Crippen LogP contribution in [0.15, 0.2) is 24.5 Å². The third-order valence-electron chi connectivity index (χ3n) is 3.03. The third-order valence-corrected chi connectivity index (χ3v) is 3.61. The fourth-order valence-corrected chi connectivity index (χ4v) is 2.42. The molecule has 3 nitrogen and oxygen atoms in total. The fraction of sp³-hybridized carbons (Fsp3) is 0.500. The molecular formula is C12H15ClN2O. The Hall–Kier alpha value is -1.09. The van der Waals surface area contributed by atoms with Gasteiger partial charge < -0.3 is 5.32 Å². The second kappa shape index (κ2) is 5.30. The van der Waals surface area contributed by atoms with E-state index in [1.54, 1.807) is 24.5 Å². The standard InChI is InChI=1S/C12H15ClN2O/c13-11-3-1-2-10(11)8-15-12(16)9-4-6-14-7-5-9/h4-7,10-11H,1-3,8H2,(H,15,16). The molecule has 1 aromatic rings. The Kier molecular flexibility index (Phi) is 3.78. The quantitative estimate of drug-likeness (QED) is 0.821. The summed E-state index contributed by atoms with van der Waals surface area (Å²) in [6.07, 6.45) is 6.59. The summed E-state index contributed by atoms with van der Waals surface area (Å²) in [5.41, 5.74) is 0.652. The van der Waals surface area contributed by atoms with Gasteiger partial charge in [-0.1, -0.05) is 6.42 Å². The van der Waals surface area contributed by atoms with E-state index >= 15 is 0 Å². The monoisotopic (exact) mass is 238 g/mol. The van der Waals surface area contributed by atoms with Crippen molar-refractivity contribution >= 4 is 17.5 Å². The molecule has 1 aromatic heterocycles. The summed E-state index contributed by atoms with van der Waals surface area (Å²) in [5, 5.41) is 3.14. The lowest BCUT2D eigenvalue weighted by molar-refractivity contribution is 0.0947. The van der Waals surface area contributed by atoms with Gasteiger partial charge in [-0.05, 0) is 30.9 Å².